The summed E-state index contributed by atoms with van der Waals surface area (Å²) in [5.41, 5.74) is 2.18. The first-order valence-electron chi connectivity index (χ1n) is 7.20. The van der Waals surface area contributed by atoms with Gasteiger partial charge in [-0.05, 0) is 43.5 Å². The van der Waals surface area contributed by atoms with Gasteiger partial charge in [0.2, 0.25) is 5.43 Å². The van der Waals surface area contributed by atoms with Crippen molar-refractivity contribution in [2.45, 2.75) is 11.8 Å². The summed E-state index contributed by atoms with van der Waals surface area (Å²) in [5.74, 6) is 0.682. The topological polar surface area (TPSA) is 63.6 Å². The third-order valence-electron chi connectivity index (χ3n) is 3.88. The first-order chi connectivity index (χ1) is 11.2. The number of hydrogen-bond donors (Lipinski definition) is 1. The van der Waals surface area contributed by atoms with E-state index in [2.05, 4.69) is 15.1 Å². The van der Waals surface area contributed by atoms with Crippen LogP contribution in [0.15, 0.2) is 52.3 Å². The molecule has 6 heteroatoms. The Morgan fingerprint density at radius 2 is 2.09 bits per heavy atom. The lowest BCUT2D eigenvalue weighted by Gasteiger charge is -2.04. The van der Waals surface area contributed by atoms with Crippen LogP contribution in [0.2, 0.25) is 0 Å². The zero-order valence-electron chi connectivity index (χ0n) is 12.7. The quantitative estimate of drug-likeness (QED) is 0.575. The highest BCUT2D eigenvalue weighted by Gasteiger charge is 2.16. The third kappa shape index (κ3) is 2.14. The lowest BCUT2D eigenvalue weighted by atomic mass is 10.1. The highest BCUT2D eigenvalue weighted by molar-refractivity contribution is 7.98. The Balaban J connectivity index is 2.12. The number of benzene rings is 1. The van der Waals surface area contributed by atoms with Crippen LogP contribution in [0, 0.1) is 6.92 Å². The van der Waals surface area contributed by atoms with Gasteiger partial charge < -0.3 is 4.98 Å². The van der Waals surface area contributed by atoms with Gasteiger partial charge in [0.1, 0.15) is 5.65 Å². The van der Waals surface area contributed by atoms with Crippen LogP contribution in [-0.4, -0.2) is 26.0 Å². The van der Waals surface area contributed by atoms with Gasteiger partial charge in [0.15, 0.2) is 5.82 Å². The van der Waals surface area contributed by atoms with E-state index in [0.29, 0.717) is 27.9 Å². The Labute approximate surface area is 136 Å². The van der Waals surface area contributed by atoms with Crippen molar-refractivity contribution in [3.63, 3.8) is 0 Å². The second kappa shape index (κ2) is 5.24. The predicted molar refractivity (Wildman–Crippen MR) is 93.5 cm³/mol. The fourth-order valence-corrected chi connectivity index (χ4v) is 3.21. The Hall–Kier alpha value is -2.60. The largest absolute Gasteiger partial charge is 0.339 e. The van der Waals surface area contributed by atoms with Crippen molar-refractivity contribution >= 4 is 33.7 Å². The standard InChI is InChI=1S/C17H14N4OS/c1-10-15-16(22)12-9-11(23-2)6-7-13(12)19-17(15)21(20-10)14-5-3-4-8-18-14/h3-9H,1-2H3,(H,19,22). The molecule has 0 fully saturated rings. The molecule has 4 rings (SSSR count). The minimum Gasteiger partial charge on any atom is -0.339 e. The van der Waals surface area contributed by atoms with E-state index in [9.17, 15) is 4.79 Å². The number of nitrogens with one attached hydrogen (secondary N) is 1. The normalized spacial score (nSPS) is 11.4. The molecule has 23 heavy (non-hydrogen) atoms. The average Bonchev–Trinajstić information content (AvgIpc) is 2.92. The number of pyridine rings is 2. The molecule has 0 amide bonds. The van der Waals surface area contributed by atoms with Gasteiger partial charge in [-0.3, -0.25) is 4.79 Å². The maximum atomic E-state index is 12.9. The van der Waals surface area contributed by atoms with Crippen molar-refractivity contribution in [1.29, 1.82) is 0 Å². The number of fused-ring (bicyclic) bond motifs is 2. The average molecular weight is 322 g/mol. The Bertz CT molecular complexity index is 1080. The molecule has 0 saturated heterocycles. The molecule has 0 aliphatic heterocycles. The van der Waals surface area contributed by atoms with E-state index < -0.39 is 0 Å². The van der Waals surface area contributed by atoms with E-state index in [1.807, 2.05) is 49.6 Å². The summed E-state index contributed by atoms with van der Waals surface area (Å²) in [7, 11) is 0. The van der Waals surface area contributed by atoms with Crippen LogP contribution in [0.4, 0.5) is 0 Å². The van der Waals surface area contributed by atoms with Crippen molar-refractivity contribution in [2.75, 3.05) is 6.26 Å². The molecule has 0 radical (unpaired) electrons. The van der Waals surface area contributed by atoms with Gasteiger partial charge in [-0.15, -0.1) is 11.8 Å². The highest BCUT2D eigenvalue weighted by Crippen LogP contribution is 2.23. The van der Waals surface area contributed by atoms with Gasteiger partial charge in [-0.1, -0.05) is 6.07 Å². The number of H-pyrrole nitrogens is 1. The van der Waals surface area contributed by atoms with E-state index in [-0.39, 0.29) is 5.43 Å². The number of aromatic amines is 1. The van der Waals surface area contributed by atoms with Crippen LogP contribution in [0.25, 0.3) is 27.8 Å². The van der Waals surface area contributed by atoms with Crippen molar-refractivity contribution in [3.05, 3.63) is 58.5 Å². The Kier molecular flexibility index (Phi) is 3.20. The molecule has 3 heterocycles. The number of aryl methyl sites for hydroxylation is 1. The van der Waals surface area contributed by atoms with Gasteiger partial charge >= 0.3 is 0 Å². The second-order valence-corrected chi connectivity index (χ2v) is 6.15. The van der Waals surface area contributed by atoms with Crippen LogP contribution >= 0.6 is 11.8 Å². The first kappa shape index (κ1) is 14.0. The molecule has 0 aliphatic carbocycles. The lowest BCUT2D eigenvalue weighted by molar-refractivity contribution is 0.848. The van der Waals surface area contributed by atoms with Gasteiger partial charge in [0.25, 0.3) is 0 Å². The fourth-order valence-electron chi connectivity index (χ4n) is 2.77. The number of thioether (sulfide) groups is 1. The SMILES string of the molecule is CSc1ccc2[nH]c3c(c(C)nn3-c3ccccn3)c(=O)c2c1. The number of rotatable bonds is 2. The first-order valence-corrected chi connectivity index (χ1v) is 8.42. The molecule has 114 valence electrons. The summed E-state index contributed by atoms with van der Waals surface area (Å²) >= 11 is 1.62. The Morgan fingerprint density at radius 1 is 1.22 bits per heavy atom. The fraction of sp³-hybridized carbons (Fsp3) is 0.118. The van der Waals surface area contributed by atoms with Crippen LogP contribution in [0.1, 0.15) is 5.69 Å². The number of nitrogens with zero attached hydrogens (tertiary/aromatic N) is 3. The number of aromatic nitrogens is 4. The van der Waals surface area contributed by atoms with Crippen molar-refractivity contribution in [1.82, 2.24) is 19.7 Å². The minimum atomic E-state index is 0.00401. The van der Waals surface area contributed by atoms with Crippen LogP contribution in [0.5, 0.6) is 0 Å². The van der Waals surface area contributed by atoms with Gasteiger partial charge in [0.05, 0.1) is 16.6 Å². The van der Waals surface area contributed by atoms with E-state index >= 15 is 0 Å². The molecule has 0 spiro atoms. The zero-order valence-corrected chi connectivity index (χ0v) is 13.5. The van der Waals surface area contributed by atoms with E-state index in [0.717, 1.165) is 10.4 Å². The molecule has 4 aromatic rings. The molecule has 0 unspecified atom stereocenters. The summed E-state index contributed by atoms with van der Waals surface area (Å²) in [4.78, 5) is 21.7. The van der Waals surface area contributed by atoms with Crippen LogP contribution in [0.3, 0.4) is 0 Å². The lowest BCUT2D eigenvalue weighted by Crippen LogP contribution is -2.06. The van der Waals surface area contributed by atoms with E-state index in [1.165, 1.54) is 0 Å². The molecule has 3 aromatic heterocycles. The zero-order chi connectivity index (χ0) is 16.0. The highest BCUT2D eigenvalue weighted by atomic mass is 32.2. The molecule has 0 atom stereocenters. The van der Waals surface area contributed by atoms with Crippen molar-refractivity contribution in [3.8, 4) is 5.82 Å². The van der Waals surface area contributed by atoms with E-state index in [4.69, 9.17) is 0 Å². The smallest absolute Gasteiger partial charge is 0.200 e. The maximum absolute atomic E-state index is 12.9. The third-order valence-corrected chi connectivity index (χ3v) is 4.60. The summed E-state index contributed by atoms with van der Waals surface area (Å²) in [5, 5.41) is 5.80. The molecule has 0 bridgehead atoms. The number of hydrogen-bond acceptors (Lipinski definition) is 4. The van der Waals surface area contributed by atoms with Crippen LogP contribution in [-0.2, 0) is 0 Å². The summed E-state index contributed by atoms with van der Waals surface area (Å²) in [6.45, 7) is 1.85. The maximum Gasteiger partial charge on any atom is 0.200 e. The van der Waals surface area contributed by atoms with Gasteiger partial charge in [-0.25, -0.2) is 4.98 Å². The molecular weight excluding hydrogens is 308 g/mol. The summed E-state index contributed by atoms with van der Waals surface area (Å²) in [6, 6.07) is 11.5. The van der Waals surface area contributed by atoms with Crippen LogP contribution < -0.4 is 5.43 Å². The second-order valence-electron chi connectivity index (χ2n) is 5.27. The molecular formula is C17H14N4OS. The molecule has 0 aliphatic rings. The minimum absolute atomic E-state index is 0.00401. The monoisotopic (exact) mass is 322 g/mol. The summed E-state index contributed by atoms with van der Waals surface area (Å²) < 4.78 is 1.69. The molecule has 1 N–H and O–H groups in total. The summed E-state index contributed by atoms with van der Waals surface area (Å²) in [6.07, 6.45) is 3.71. The molecule has 1 aromatic carbocycles. The predicted octanol–water partition coefficient (Wildman–Crippen LogP) is 3.29. The van der Waals surface area contributed by atoms with Crippen molar-refractivity contribution < 1.29 is 0 Å². The van der Waals surface area contributed by atoms with Crippen molar-refractivity contribution in [2.24, 2.45) is 0 Å². The Morgan fingerprint density at radius 3 is 2.83 bits per heavy atom. The van der Waals surface area contributed by atoms with Gasteiger partial charge in [-0.2, -0.15) is 9.78 Å². The van der Waals surface area contributed by atoms with Gasteiger partial charge in [0, 0.05) is 16.5 Å². The molecule has 5 nitrogen and oxygen atoms in total. The van der Waals surface area contributed by atoms with E-state index in [1.54, 1.807) is 22.6 Å². The molecule has 0 saturated carbocycles.